The van der Waals surface area contributed by atoms with Gasteiger partial charge in [0, 0.05) is 34.1 Å². The molecule has 0 atom stereocenters. The number of nitrogens with one attached hydrogen (secondary N) is 1. The molecule has 1 heterocycles. The lowest BCUT2D eigenvalue weighted by atomic mass is 10.3. The standard InChI is InChI=1S/C12H13BrClN3/c1-2-17-6-5-15-12(17)8-16-11-4-3-9(14)7-10(11)13/h3-7,16H,2,8H2,1H3. The first-order valence-electron chi connectivity index (χ1n) is 5.39. The van der Waals surface area contributed by atoms with Gasteiger partial charge in [-0.25, -0.2) is 4.98 Å². The number of anilines is 1. The molecule has 0 saturated heterocycles. The molecule has 0 amide bonds. The molecule has 1 aromatic carbocycles. The first kappa shape index (κ1) is 12.5. The number of benzene rings is 1. The van der Waals surface area contributed by atoms with Crippen LogP contribution in [0.2, 0.25) is 5.02 Å². The zero-order chi connectivity index (χ0) is 12.3. The van der Waals surface area contributed by atoms with E-state index in [0.29, 0.717) is 6.54 Å². The van der Waals surface area contributed by atoms with Crippen LogP contribution in [0.4, 0.5) is 5.69 Å². The van der Waals surface area contributed by atoms with Crippen LogP contribution in [0.3, 0.4) is 0 Å². The Labute approximate surface area is 114 Å². The molecule has 0 aliphatic heterocycles. The summed E-state index contributed by atoms with van der Waals surface area (Å²) < 4.78 is 3.07. The number of aryl methyl sites for hydroxylation is 1. The van der Waals surface area contributed by atoms with Gasteiger partial charge in [-0.2, -0.15) is 0 Å². The third-order valence-corrected chi connectivity index (χ3v) is 3.40. The number of aromatic nitrogens is 2. The number of rotatable bonds is 4. The number of nitrogens with zero attached hydrogens (tertiary/aromatic N) is 2. The van der Waals surface area contributed by atoms with Gasteiger partial charge in [-0.15, -0.1) is 0 Å². The van der Waals surface area contributed by atoms with Crippen LogP contribution in [0.25, 0.3) is 0 Å². The van der Waals surface area contributed by atoms with Crippen LogP contribution in [-0.4, -0.2) is 9.55 Å². The molecule has 0 bridgehead atoms. The predicted octanol–water partition coefficient (Wildman–Crippen LogP) is 3.93. The maximum Gasteiger partial charge on any atom is 0.128 e. The lowest BCUT2D eigenvalue weighted by Crippen LogP contribution is -2.07. The van der Waals surface area contributed by atoms with E-state index >= 15 is 0 Å². The third kappa shape index (κ3) is 3.01. The van der Waals surface area contributed by atoms with Crippen LogP contribution in [-0.2, 0) is 13.1 Å². The minimum absolute atomic E-state index is 0.696. The highest BCUT2D eigenvalue weighted by molar-refractivity contribution is 9.10. The molecule has 1 N–H and O–H groups in total. The molecule has 0 aliphatic carbocycles. The first-order chi connectivity index (χ1) is 8.20. The first-order valence-corrected chi connectivity index (χ1v) is 6.56. The molecule has 2 rings (SSSR count). The highest BCUT2D eigenvalue weighted by atomic mass is 79.9. The Morgan fingerprint density at radius 1 is 1.47 bits per heavy atom. The fourth-order valence-corrected chi connectivity index (χ4v) is 2.43. The SMILES string of the molecule is CCn1ccnc1CNc1ccc(Cl)cc1Br. The van der Waals surface area contributed by atoms with E-state index in [-0.39, 0.29) is 0 Å². The van der Waals surface area contributed by atoms with Crippen LogP contribution >= 0.6 is 27.5 Å². The summed E-state index contributed by atoms with van der Waals surface area (Å²) in [5.74, 6) is 1.02. The van der Waals surface area contributed by atoms with Gasteiger partial charge in [0.25, 0.3) is 0 Å². The lowest BCUT2D eigenvalue weighted by Gasteiger charge is -2.09. The second kappa shape index (κ2) is 5.56. The molecule has 17 heavy (non-hydrogen) atoms. The summed E-state index contributed by atoms with van der Waals surface area (Å²) in [6.07, 6.45) is 3.80. The number of halogens is 2. The van der Waals surface area contributed by atoms with Crippen LogP contribution in [0.15, 0.2) is 35.1 Å². The average molecular weight is 315 g/mol. The van der Waals surface area contributed by atoms with Crippen LogP contribution in [0, 0.1) is 0 Å². The maximum absolute atomic E-state index is 5.89. The zero-order valence-electron chi connectivity index (χ0n) is 9.45. The molecular weight excluding hydrogens is 302 g/mol. The fraction of sp³-hybridized carbons (Fsp3) is 0.250. The number of imidazole rings is 1. The highest BCUT2D eigenvalue weighted by Gasteiger charge is 2.03. The smallest absolute Gasteiger partial charge is 0.128 e. The Balaban J connectivity index is 2.07. The van der Waals surface area contributed by atoms with Crippen LogP contribution < -0.4 is 5.32 Å². The molecule has 3 nitrogen and oxygen atoms in total. The van der Waals surface area contributed by atoms with E-state index in [1.54, 1.807) is 0 Å². The molecule has 0 fully saturated rings. The van der Waals surface area contributed by atoms with Gasteiger partial charge in [0.15, 0.2) is 0 Å². The normalized spacial score (nSPS) is 10.5. The maximum atomic E-state index is 5.89. The van der Waals surface area contributed by atoms with Crippen molar-refractivity contribution in [3.8, 4) is 0 Å². The van der Waals surface area contributed by atoms with E-state index in [2.05, 4.69) is 37.7 Å². The van der Waals surface area contributed by atoms with E-state index in [1.807, 2.05) is 30.6 Å². The lowest BCUT2D eigenvalue weighted by molar-refractivity contribution is 0.708. The van der Waals surface area contributed by atoms with E-state index in [9.17, 15) is 0 Å². The molecule has 0 saturated carbocycles. The zero-order valence-corrected chi connectivity index (χ0v) is 11.8. The van der Waals surface area contributed by atoms with E-state index in [4.69, 9.17) is 11.6 Å². The third-order valence-electron chi connectivity index (χ3n) is 2.51. The van der Waals surface area contributed by atoms with Crippen molar-refractivity contribution >= 4 is 33.2 Å². The Bertz CT molecular complexity index is 510. The molecule has 0 spiro atoms. The van der Waals surface area contributed by atoms with Crippen LogP contribution in [0.1, 0.15) is 12.7 Å². The van der Waals surface area contributed by atoms with Crippen molar-refractivity contribution in [3.05, 3.63) is 45.9 Å². The predicted molar refractivity (Wildman–Crippen MR) is 74.4 cm³/mol. The van der Waals surface area contributed by atoms with E-state index < -0.39 is 0 Å². The molecular formula is C12H13BrClN3. The minimum Gasteiger partial charge on any atom is -0.377 e. The molecule has 1 aromatic heterocycles. The number of hydrogen-bond donors (Lipinski definition) is 1. The Morgan fingerprint density at radius 3 is 3.00 bits per heavy atom. The van der Waals surface area contributed by atoms with Gasteiger partial charge in [-0.05, 0) is 41.1 Å². The fourth-order valence-electron chi connectivity index (χ4n) is 1.60. The molecule has 0 unspecified atom stereocenters. The quantitative estimate of drug-likeness (QED) is 0.926. The summed E-state index contributed by atoms with van der Waals surface area (Å²) in [6.45, 7) is 3.73. The molecule has 0 radical (unpaired) electrons. The second-order valence-corrected chi connectivity index (χ2v) is 4.90. The van der Waals surface area contributed by atoms with Gasteiger partial charge < -0.3 is 9.88 Å². The molecule has 0 aliphatic rings. The van der Waals surface area contributed by atoms with Gasteiger partial charge in [0.2, 0.25) is 0 Å². The largest absolute Gasteiger partial charge is 0.377 e. The van der Waals surface area contributed by atoms with Crippen molar-refractivity contribution in [2.75, 3.05) is 5.32 Å². The topological polar surface area (TPSA) is 29.9 Å². The van der Waals surface area contributed by atoms with E-state index in [0.717, 1.165) is 27.6 Å². The average Bonchev–Trinajstić information content (AvgIpc) is 2.75. The summed E-state index contributed by atoms with van der Waals surface area (Å²) >= 11 is 9.36. The minimum atomic E-state index is 0.696. The Hall–Kier alpha value is -1.000. The second-order valence-electron chi connectivity index (χ2n) is 3.61. The van der Waals surface area contributed by atoms with Gasteiger partial charge in [0.05, 0.1) is 6.54 Å². The van der Waals surface area contributed by atoms with Gasteiger partial charge in [0.1, 0.15) is 5.82 Å². The number of hydrogen-bond acceptors (Lipinski definition) is 2. The van der Waals surface area contributed by atoms with Crippen molar-refractivity contribution in [1.82, 2.24) is 9.55 Å². The Morgan fingerprint density at radius 2 is 2.29 bits per heavy atom. The van der Waals surface area contributed by atoms with E-state index in [1.165, 1.54) is 0 Å². The summed E-state index contributed by atoms with van der Waals surface area (Å²) in [7, 11) is 0. The monoisotopic (exact) mass is 313 g/mol. The van der Waals surface area contributed by atoms with Gasteiger partial charge in [-0.3, -0.25) is 0 Å². The van der Waals surface area contributed by atoms with Crippen molar-refractivity contribution in [1.29, 1.82) is 0 Å². The van der Waals surface area contributed by atoms with Gasteiger partial charge >= 0.3 is 0 Å². The van der Waals surface area contributed by atoms with Crippen molar-refractivity contribution in [2.45, 2.75) is 20.0 Å². The summed E-state index contributed by atoms with van der Waals surface area (Å²) in [5, 5.41) is 4.05. The molecule has 5 heteroatoms. The Kier molecular flexibility index (Phi) is 4.07. The summed E-state index contributed by atoms with van der Waals surface area (Å²) in [5.41, 5.74) is 1.01. The van der Waals surface area contributed by atoms with Crippen molar-refractivity contribution in [2.24, 2.45) is 0 Å². The van der Waals surface area contributed by atoms with Crippen molar-refractivity contribution in [3.63, 3.8) is 0 Å². The van der Waals surface area contributed by atoms with Crippen molar-refractivity contribution < 1.29 is 0 Å². The summed E-state index contributed by atoms with van der Waals surface area (Å²) in [4.78, 5) is 4.31. The molecule has 2 aromatic rings. The van der Waals surface area contributed by atoms with Crippen LogP contribution in [0.5, 0.6) is 0 Å². The van der Waals surface area contributed by atoms with Gasteiger partial charge in [-0.1, -0.05) is 11.6 Å². The summed E-state index contributed by atoms with van der Waals surface area (Å²) in [6, 6.07) is 5.68. The highest BCUT2D eigenvalue weighted by Crippen LogP contribution is 2.26. The molecule has 90 valence electrons.